The van der Waals surface area contributed by atoms with E-state index in [1.165, 1.54) is 0 Å². The van der Waals surface area contributed by atoms with Crippen LogP contribution < -0.4 is 10.8 Å². The zero-order chi connectivity index (χ0) is 18.4. The number of nitrogens with zero attached hydrogens (tertiary/aromatic N) is 2. The van der Waals surface area contributed by atoms with Gasteiger partial charge in [0.2, 0.25) is 5.95 Å². The van der Waals surface area contributed by atoms with Crippen LogP contribution >= 0.6 is 11.6 Å². The van der Waals surface area contributed by atoms with Crippen molar-refractivity contribution in [2.45, 2.75) is 52.7 Å². The number of hydrogen-bond donors (Lipinski definition) is 1. The van der Waals surface area contributed by atoms with E-state index in [-0.39, 0.29) is 11.2 Å². The molecule has 0 spiro atoms. The molecular weight excluding hydrogens is 336 g/mol. The molecule has 0 bridgehead atoms. The van der Waals surface area contributed by atoms with Gasteiger partial charge in [-0.3, -0.25) is 0 Å². The van der Waals surface area contributed by atoms with Crippen LogP contribution in [0, 0.1) is 13.8 Å². The summed E-state index contributed by atoms with van der Waals surface area (Å²) >= 11 is 5.99. The van der Waals surface area contributed by atoms with Gasteiger partial charge in [-0.15, -0.1) is 0 Å². The Hall–Kier alpha value is -1.63. The van der Waals surface area contributed by atoms with Crippen LogP contribution in [0.3, 0.4) is 0 Å². The van der Waals surface area contributed by atoms with E-state index >= 15 is 0 Å². The molecule has 1 aromatic carbocycles. The highest BCUT2D eigenvalue weighted by Crippen LogP contribution is 2.36. The molecule has 1 aromatic heterocycles. The Kier molecular flexibility index (Phi) is 4.56. The van der Waals surface area contributed by atoms with Gasteiger partial charge >= 0.3 is 7.12 Å². The number of rotatable bonds is 3. The molecule has 1 fully saturated rings. The van der Waals surface area contributed by atoms with Gasteiger partial charge in [-0.1, -0.05) is 17.7 Å². The zero-order valence-electron chi connectivity index (χ0n) is 15.5. The van der Waals surface area contributed by atoms with Crippen molar-refractivity contribution in [1.82, 2.24) is 9.97 Å². The van der Waals surface area contributed by atoms with Crippen LogP contribution in [-0.2, 0) is 9.31 Å². The van der Waals surface area contributed by atoms with Gasteiger partial charge in [0, 0.05) is 5.69 Å². The summed E-state index contributed by atoms with van der Waals surface area (Å²) in [7, 11) is -0.404. The minimum Gasteiger partial charge on any atom is -0.399 e. The summed E-state index contributed by atoms with van der Waals surface area (Å²) in [5, 5.41) is 3.77. The number of nitrogens with one attached hydrogen (secondary N) is 1. The van der Waals surface area contributed by atoms with Gasteiger partial charge in [0.05, 0.1) is 28.1 Å². The maximum Gasteiger partial charge on any atom is 0.494 e. The molecule has 1 saturated heterocycles. The molecule has 2 heterocycles. The number of hydrogen-bond acceptors (Lipinski definition) is 5. The lowest BCUT2D eigenvalue weighted by molar-refractivity contribution is 0.00578. The average Bonchev–Trinajstić information content (AvgIpc) is 2.71. The first-order valence-corrected chi connectivity index (χ1v) is 8.69. The van der Waals surface area contributed by atoms with Gasteiger partial charge in [-0.25, -0.2) is 9.97 Å². The second-order valence-corrected chi connectivity index (χ2v) is 7.88. The summed E-state index contributed by atoms with van der Waals surface area (Å²) in [6, 6.07) is 6.10. The molecule has 7 heteroatoms. The minimum absolute atomic E-state index is 0.370. The number of aryl methyl sites for hydroxylation is 2. The Morgan fingerprint density at radius 1 is 1.04 bits per heavy atom. The molecule has 0 aliphatic carbocycles. The van der Waals surface area contributed by atoms with Crippen LogP contribution in [0.15, 0.2) is 24.4 Å². The van der Waals surface area contributed by atoms with Gasteiger partial charge in [0.25, 0.3) is 0 Å². The fourth-order valence-corrected chi connectivity index (χ4v) is 2.73. The van der Waals surface area contributed by atoms with E-state index in [0.717, 1.165) is 22.4 Å². The average molecular weight is 360 g/mol. The van der Waals surface area contributed by atoms with E-state index in [1.54, 1.807) is 6.20 Å². The molecule has 1 N–H and O–H groups in total. The van der Waals surface area contributed by atoms with Gasteiger partial charge in [0.15, 0.2) is 0 Å². The van der Waals surface area contributed by atoms with Gasteiger partial charge in [-0.05, 0) is 64.7 Å². The van der Waals surface area contributed by atoms with Crippen LogP contribution in [0.5, 0.6) is 0 Å². The number of aromatic nitrogens is 2. The number of anilines is 2. The Bertz CT molecular complexity index is 795. The second kappa shape index (κ2) is 6.27. The highest BCUT2D eigenvalue weighted by atomic mass is 35.5. The third kappa shape index (κ3) is 3.66. The topological polar surface area (TPSA) is 56.3 Å². The molecule has 1 aliphatic heterocycles. The van der Waals surface area contributed by atoms with E-state index in [9.17, 15) is 0 Å². The van der Waals surface area contributed by atoms with E-state index in [2.05, 4.69) is 21.4 Å². The number of halogens is 1. The molecule has 0 radical (unpaired) electrons. The van der Waals surface area contributed by atoms with E-state index in [1.807, 2.05) is 53.7 Å². The largest absolute Gasteiger partial charge is 0.494 e. The molecular formula is C18H23BClN3O2. The zero-order valence-corrected chi connectivity index (χ0v) is 16.2. The van der Waals surface area contributed by atoms with E-state index < -0.39 is 7.12 Å². The predicted molar refractivity (Wildman–Crippen MR) is 102 cm³/mol. The molecule has 132 valence electrons. The maximum atomic E-state index is 6.15. The third-order valence-corrected chi connectivity index (χ3v) is 5.17. The van der Waals surface area contributed by atoms with Crippen molar-refractivity contribution in [3.63, 3.8) is 0 Å². The fourth-order valence-electron chi connectivity index (χ4n) is 2.64. The van der Waals surface area contributed by atoms with E-state index in [4.69, 9.17) is 20.9 Å². The van der Waals surface area contributed by atoms with Crippen LogP contribution in [0.25, 0.3) is 0 Å². The molecule has 0 atom stereocenters. The normalized spacial score (nSPS) is 18.4. The van der Waals surface area contributed by atoms with Crippen LogP contribution in [-0.4, -0.2) is 28.3 Å². The van der Waals surface area contributed by atoms with Gasteiger partial charge in [0.1, 0.15) is 0 Å². The molecule has 25 heavy (non-hydrogen) atoms. The van der Waals surface area contributed by atoms with Crippen molar-refractivity contribution < 1.29 is 9.31 Å². The smallest absolute Gasteiger partial charge is 0.399 e. The lowest BCUT2D eigenvalue weighted by Gasteiger charge is -2.32. The molecule has 2 aromatic rings. The first-order chi connectivity index (χ1) is 11.6. The Morgan fingerprint density at radius 2 is 1.68 bits per heavy atom. The SMILES string of the molecule is Cc1cc(Nc2ncc(Cl)c(C)n2)cc(B2OC(C)(C)C(C)(C)O2)c1. The van der Waals surface area contributed by atoms with Crippen LogP contribution in [0.2, 0.25) is 5.02 Å². The number of benzene rings is 1. The third-order valence-electron chi connectivity index (χ3n) is 4.80. The summed E-state index contributed by atoms with van der Waals surface area (Å²) in [5.74, 6) is 0.507. The standard InChI is InChI=1S/C18H23BClN3O2/c1-11-7-13(19-24-17(3,4)18(5,6)25-19)9-14(8-11)23-16-21-10-15(20)12(2)22-16/h7-10H,1-6H3,(H,21,22,23). The Labute approximate surface area is 154 Å². The fraction of sp³-hybridized carbons (Fsp3) is 0.444. The van der Waals surface area contributed by atoms with Gasteiger partial charge in [-0.2, -0.15) is 0 Å². The molecule has 3 rings (SSSR count). The van der Waals surface area contributed by atoms with Crippen LogP contribution in [0.1, 0.15) is 39.0 Å². The van der Waals surface area contributed by atoms with Crippen molar-refractivity contribution in [1.29, 1.82) is 0 Å². The quantitative estimate of drug-likeness (QED) is 0.845. The van der Waals surface area contributed by atoms with Crippen molar-refractivity contribution in [2.24, 2.45) is 0 Å². The van der Waals surface area contributed by atoms with Crippen molar-refractivity contribution in [3.8, 4) is 0 Å². The summed E-state index contributed by atoms with van der Waals surface area (Å²) < 4.78 is 12.3. The molecule has 0 saturated carbocycles. The second-order valence-electron chi connectivity index (χ2n) is 7.47. The first-order valence-electron chi connectivity index (χ1n) is 8.31. The predicted octanol–water partition coefficient (Wildman–Crippen LogP) is 3.79. The van der Waals surface area contributed by atoms with Crippen LogP contribution in [0.4, 0.5) is 11.6 Å². The lowest BCUT2D eigenvalue weighted by atomic mass is 9.78. The first kappa shape index (κ1) is 18.2. The summed E-state index contributed by atoms with van der Waals surface area (Å²) in [5.41, 5.74) is 2.94. The van der Waals surface area contributed by atoms with E-state index in [0.29, 0.717) is 11.0 Å². The summed E-state index contributed by atoms with van der Waals surface area (Å²) in [4.78, 5) is 8.58. The molecule has 1 aliphatic rings. The summed E-state index contributed by atoms with van der Waals surface area (Å²) in [6.07, 6.45) is 1.59. The van der Waals surface area contributed by atoms with Crippen molar-refractivity contribution in [2.75, 3.05) is 5.32 Å². The summed E-state index contributed by atoms with van der Waals surface area (Å²) in [6.45, 7) is 12.1. The highest BCUT2D eigenvalue weighted by Gasteiger charge is 2.51. The Balaban J connectivity index is 1.87. The lowest BCUT2D eigenvalue weighted by Crippen LogP contribution is -2.41. The van der Waals surface area contributed by atoms with Gasteiger partial charge < -0.3 is 14.6 Å². The molecule has 5 nitrogen and oxygen atoms in total. The van der Waals surface area contributed by atoms with Crippen molar-refractivity contribution >= 4 is 35.8 Å². The van der Waals surface area contributed by atoms with Crippen molar-refractivity contribution in [3.05, 3.63) is 40.7 Å². The Morgan fingerprint density at radius 3 is 2.28 bits per heavy atom. The maximum absolute atomic E-state index is 6.15. The highest BCUT2D eigenvalue weighted by molar-refractivity contribution is 6.62. The molecule has 0 unspecified atom stereocenters. The minimum atomic E-state index is -0.404. The molecule has 0 amide bonds. The monoisotopic (exact) mass is 359 g/mol.